The molecular formula is C20H22FN3O2. The molecule has 2 N–H and O–H groups in total. The van der Waals surface area contributed by atoms with E-state index in [0.717, 1.165) is 16.8 Å². The number of hydrogen-bond donors (Lipinski definition) is 2. The van der Waals surface area contributed by atoms with E-state index in [1.807, 2.05) is 31.1 Å². The number of fused-ring (bicyclic) bond motifs is 1. The van der Waals surface area contributed by atoms with Gasteiger partial charge in [0.2, 0.25) is 5.91 Å². The van der Waals surface area contributed by atoms with Crippen LogP contribution >= 0.6 is 0 Å². The monoisotopic (exact) mass is 355 g/mol. The predicted octanol–water partition coefficient (Wildman–Crippen LogP) is 2.74. The van der Waals surface area contributed by atoms with Crippen LogP contribution in [0.15, 0.2) is 42.5 Å². The summed E-state index contributed by atoms with van der Waals surface area (Å²) in [7, 11) is 3.78. The standard InChI is InChI=1S/C20H22FN3O2/c1-24(2)18(14-4-3-5-16(21)11-14)12-22-20(26)15-6-8-17-13(10-15)7-9-19(25)23-17/h3-6,8,10-11,18H,7,9,12H2,1-2H3,(H,22,26)(H,23,25)/t18-/m1/s1. The first kappa shape index (κ1) is 18.1. The number of carbonyl (C=O) groups excluding carboxylic acids is 2. The smallest absolute Gasteiger partial charge is 0.251 e. The van der Waals surface area contributed by atoms with E-state index < -0.39 is 0 Å². The van der Waals surface area contributed by atoms with Crippen LogP contribution in [0.25, 0.3) is 0 Å². The molecule has 136 valence electrons. The van der Waals surface area contributed by atoms with Crippen molar-refractivity contribution in [2.24, 2.45) is 0 Å². The van der Waals surface area contributed by atoms with E-state index in [1.54, 1.807) is 18.2 Å². The van der Waals surface area contributed by atoms with Crippen molar-refractivity contribution in [1.29, 1.82) is 0 Å². The molecule has 5 nitrogen and oxygen atoms in total. The van der Waals surface area contributed by atoms with Crippen molar-refractivity contribution >= 4 is 17.5 Å². The lowest BCUT2D eigenvalue weighted by atomic mass is 10.00. The lowest BCUT2D eigenvalue weighted by molar-refractivity contribution is -0.116. The van der Waals surface area contributed by atoms with Crippen molar-refractivity contribution in [1.82, 2.24) is 10.2 Å². The van der Waals surface area contributed by atoms with Crippen molar-refractivity contribution in [3.8, 4) is 0 Å². The summed E-state index contributed by atoms with van der Waals surface area (Å²) in [6, 6.07) is 11.5. The lowest BCUT2D eigenvalue weighted by Crippen LogP contribution is -2.34. The Morgan fingerprint density at radius 2 is 2.04 bits per heavy atom. The SMILES string of the molecule is CN(C)[C@H](CNC(=O)c1ccc2c(c1)CCC(=O)N2)c1cccc(F)c1. The third kappa shape index (κ3) is 4.08. The molecule has 0 saturated heterocycles. The fourth-order valence-corrected chi connectivity index (χ4v) is 3.13. The number of halogens is 1. The molecule has 1 aliphatic rings. The Labute approximate surface area is 152 Å². The van der Waals surface area contributed by atoms with E-state index in [4.69, 9.17) is 0 Å². The summed E-state index contributed by atoms with van der Waals surface area (Å²) < 4.78 is 13.5. The number of rotatable bonds is 5. The van der Waals surface area contributed by atoms with Crippen LogP contribution in [0.2, 0.25) is 0 Å². The average molecular weight is 355 g/mol. The van der Waals surface area contributed by atoms with E-state index in [1.165, 1.54) is 12.1 Å². The van der Waals surface area contributed by atoms with Gasteiger partial charge < -0.3 is 15.5 Å². The van der Waals surface area contributed by atoms with Crippen molar-refractivity contribution in [3.63, 3.8) is 0 Å². The van der Waals surface area contributed by atoms with Crippen molar-refractivity contribution in [3.05, 3.63) is 65.0 Å². The average Bonchev–Trinajstić information content (AvgIpc) is 2.61. The number of carbonyl (C=O) groups is 2. The van der Waals surface area contributed by atoms with Gasteiger partial charge in [-0.25, -0.2) is 4.39 Å². The maximum atomic E-state index is 13.5. The quantitative estimate of drug-likeness (QED) is 0.867. The van der Waals surface area contributed by atoms with Gasteiger partial charge in [-0.05, 0) is 62.0 Å². The van der Waals surface area contributed by atoms with E-state index >= 15 is 0 Å². The normalized spacial score (nSPS) is 14.5. The zero-order valence-corrected chi connectivity index (χ0v) is 14.9. The Kier molecular flexibility index (Phi) is 5.32. The molecular weight excluding hydrogens is 333 g/mol. The number of nitrogens with one attached hydrogen (secondary N) is 2. The second-order valence-electron chi connectivity index (χ2n) is 6.66. The van der Waals surface area contributed by atoms with Gasteiger partial charge in [-0.2, -0.15) is 0 Å². The van der Waals surface area contributed by atoms with Crippen LogP contribution in [0.1, 0.15) is 33.9 Å². The van der Waals surface area contributed by atoms with Gasteiger partial charge in [0, 0.05) is 24.2 Å². The van der Waals surface area contributed by atoms with Gasteiger partial charge in [0.05, 0.1) is 6.04 Å². The first-order chi connectivity index (χ1) is 12.4. The molecule has 6 heteroatoms. The number of likely N-dealkylation sites (N-methyl/N-ethyl adjacent to an activating group) is 1. The highest BCUT2D eigenvalue weighted by molar-refractivity contribution is 5.97. The summed E-state index contributed by atoms with van der Waals surface area (Å²) in [4.78, 5) is 25.9. The molecule has 0 saturated carbocycles. The second-order valence-corrected chi connectivity index (χ2v) is 6.66. The maximum absolute atomic E-state index is 13.5. The van der Waals surface area contributed by atoms with Crippen LogP contribution in [0.3, 0.4) is 0 Å². The zero-order chi connectivity index (χ0) is 18.7. The summed E-state index contributed by atoms with van der Waals surface area (Å²) in [5, 5.41) is 5.73. The first-order valence-corrected chi connectivity index (χ1v) is 8.57. The second kappa shape index (κ2) is 7.66. The summed E-state index contributed by atoms with van der Waals surface area (Å²) in [6.07, 6.45) is 1.06. The Morgan fingerprint density at radius 1 is 1.23 bits per heavy atom. The van der Waals surface area contributed by atoms with Gasteiger partial charge in [0.15, 0.2) is 0 Å². The van der Waals surface area contributed by atoms with Gasteiger partial charge in [0.1, 0.15) is 5.82 Å². The van der Waals surface area contributed by atoms with Crippen LogP contribution in [-0.2, 0) is 11.2 Å². The highest BCUT2D eigenvalue weighted by Gasteiger charge is 2.19. The topological polar surface area (TPSA) is 61.4 Å². The minimum atomic E-state index is -0.294. The Bertz CT molecular complexity index is 836. The minimum absolute atomic E-state index is 0.00128. The Balaban J connectivity index is 1.70. The van der Waals surface area contributed by atoms with Crippen molar-refractivity contribution in [2.75, 3.05) is 26.0 Å². The van der Waals surface area contributed by atoms with Gasteiger partial charge >= 0.3 is 0 Å². The molecule has 0 aromatic heterocycles. The van der Waals surface area contributed by atoms with Gasteiger partial charge in [-0.3, -0.25) is 9.59 Å². The minimum Gasteiger partial charge on any atom is -0.350 e. The molecule has 2 aromatic carbocycles. The molecule has 0 bridgehead atoms. The highest BCUT2D eigenvalue weighted by Crippen LogP contribution is 2.24. The summed E-state index contributed by atoms with van der Waals surface area (Å²) in [5.41, 5.74) is 3.09. The third-order valence-electron chi connectivity index (χ3n) is 4.58. The number of anilines is 1. The molecule has 0 unspecified atom stereocenters. The van der Waals surface area contributed by atoms with Crippen LogP contribution < -0.4 is 10.6 Å². The van der Waals surface area contributed by atoms with Crippen molar-refractivity contribution in [2.45, 2.75) is 18.9 Å². The van der Waals surface area contributed by atoms with Gasteiger partial charge in [-0.15, -0.1) is 0 Å². The van der Waals surface area contributed by atoms with E-state index in [-0.39, 0.29) is 23.7 Å². The molecule has 1 atom stereocenters. The summed E-state index contributed by atoms with van der Waals surface area (Å²) >= 11 is 0. The maximum Gasteiger partial charge on any atom is 0.251 e. The van der Waals surface area contributed by atoms with Crippen molar-refractivity contribution < 1.29 is 14.0 Å². The molecule has 2 aromatic rings. The van der Waals surface area contributed by atoms with Gasteiger partial charge in [-0.1, -0.05) is 12.1 Å². The van der Waals surface area contributed by atoms with E-state index in [2.05, 4.69) is 10.6 Å². The van der Waals surface area contributed by atoms with Gasteiger partial charge in [0.25, 0.3) is 5.91 Å². The number of amides is 2. The van der Waals surface area contributed by atoms with Crippen LogP contribution in [-0.4, -0.2) is 37.4 Å². The molecule has 1 heterocycles. The van der Waals surface area contributed by atoms with Crippen LogP contribution in [0.5, 0.6) is 0 Å². The third-order valence-corrected chi connectivity index (χ3v) is 4.58. The molecule has 2 amide bonds. The largest absolute Gasteiger partial charge is 0.350 e. The molecule has 0 aliphatic carbocycles. The lowest BCUT2D eigenvalue weighted by Gasteiger charge is -2.25. The fourth-order valence-electron chi connectivity index (χ4n) is 3.13. The van der Waals surface area contributed by atoms with Crippen LogP contribution in [0, 0.1) is 5.82 Å². The highest BCUT2D eigenvalue weighted by atomic mass is 19.1. The Hall–Kier alpha value is -2.73. The molecule has 3 rings (SSSR count). The fraction of sp³-hybridized carbons (Fsp3) is 0.300. The summed E-state index contributed by atoms with van der Waals surface area (Å²) in [5.74, 6) is -0.482. The zero-order valence-electron chi connectivity index (χ0n) is 14.9. The summed E-state index contributed by atoms with van der Waals surface area (Å²) in [6.45, 7) is 0.364. The predicted molar refractivity (Wildman–Crippen MR) is 98.6 cm³/mol. The van der Waals surface area contributed by atoms with E-state index in [9.17, 15) is 14.0 Å². The first-order valence-electron chi connectivity index (χ1n) is 8.57. The number of hydrogen-bond acceptors (Lipinski definition) is 3. The number of benzene rings is 2. The molecule has 1 aliphatic heterocycles. The number of aryl methyl sites for hydroxylation is 1. The molecule has 26 heavy (non-hydrogen) atoms. The Morgan fingerprint density at radius 3 is 2.77 bits per heavy atom. The number of nitrogens with zero attached hydrogens (tertiary/aromatic N) is 1. The molecule has 0 spiro atoms. The van der Waals surface area contributed by atoms with Crippen LogP contribution in [0.4, 0.5) is 10.1 Å². The molecule has 0 radical (unpaired) electrons. The molecule has 0 fully saturated rings. The van der Waals surface area contributed by atoms with E-state index in [0.29, 0.717) is 24.9 Å².